The number of nitrogens with zero attached hydrogens (tertiary/aromatic N) is 1. The molecule has 0 aliphatic carbocycles. The number of amides is 1. The maximum Gasteiger partial charge on any atom is 0.304 e. The number of rotatable bonds is 3. The van der Waals surface area contributed by atoms with E-state index in [9.17, 15) is 19.3 Å². The predicted octanol–water partition coefficient (Wildman–Crippen LogP) is 1.49. The highest BCUT2D eigenvalue weighted by atomic mass is 19.1. The van der Waals surface area contributed by atoms with Crippen molar-refractivity contribution in [3.8, 4) is 11.8 Å². The number of carbonyl (C=O) groups excluding carboxylic acids is 1. The lowest BCUT2D eigenvalue weighted by Crippen LogP contribution is -2.23. The molecule has 0 radical (unpaired) electrons. The molecule has 0 bridgehead atoms. The first-order valence-electron chi connectivity index (χ1n) is 4.68. The number of halogens is 1. The summed E-state index contributed by atoms with van der Waals surface area (Å²) in [6, 6.07) is 2.97. The third-order valence-corrected chi connectivity index (χ3v) is 1.92. The molecule has 0 unspecified atom stereocenters. The molecule has 1 amide bonds. The minimum absolute atomic E-state index is 0.0194. The molecule has 0 aliphatic heterocycles. The fraction of sp³-hybridized carbons (Fsp3) is 0.182. The second-order valence-electron chi connectivity index (χ2n) is 3.03. The zero-order chi connectivity index (χ0) is 12.8. The Labute approximate surface area is 96.8 Å². The summed E-state index contributed by atoms with van der Waals surface area (Å²) >= 11 is 0. The maximum absolute atomic E-state index is 13.2. The van der Waals surface area contributed by atoms with Crippen LogP contribution in [0.3, 0.4) is 0 Å². The molecule has 5 nitrogen and oxygen atoms in total. The lowest BCUT2D eigenvalue weighted by atomic mass is 10.2. The van der Waals surface area contributed by atoms with Crippen LogP contribution in [0.4, 0.5) is 10.1 Å². The van der Waals surface area contributed by atoms with E-state index >= 15 is 0 Å². The van der Waals surface area contributed by atoms with Crippen molar-refractivity contribution in [3.63, 3.8) is 0 Å². The first-order chi connectivity index (χ1) is 8.06. The van der Waals surface area contributed by atoms with Crippen molar-refractivity contribution in [1.29, 1.82) is 0 Å². The highest BCUT2D eigenvalue weighted by molar-refractivity contribution is 5.94. The van der Waals surface area contributed by atoms with Crippen LogP contribution in [-0.2, 0) is 0 Å². The van der Waals surface area contributed by atoms with Gasteiger partial charge >= 0.3 is 5.69 Å². The number of nitrogens with one attached hydrogen (secondary N) is 1. The second kappa shape index (κ2) is 5.61. The monoisotopic (exact) mass is 236 g/mol. The van der Waals surface area contributed by atoms with Crippen LogP contribution in [0, 0.1) is 27.8 Å². The van der Waals surface area contributed by atoms with E-state index in [1.165, 1.54) is 6.07 Å². The van der Waals surface area contributed by atoms with Crippen LogP contribution < -0.4 is 5.32 Å². The summed E-state index contributed by atoms with van der Waals surface area (Å²) in [7, 11) is 0. The zero-order valence-corrected chi connectivity index (χ0v) is 8.99. The van der Waals surface area contributed by atoms with Gasteiger partial charge in [-0.25, -0.2) is 0 Å². The Morgan fingerprint density at radius 1 is 1.59 bits per heavy atom. The van der Waals surface area contributed by atoms with E-state index in [1.807, 2.05) is 0 Å². The molecule has 0 saturated carbocycles. The van der Waals surface area contributed by atoms with Crippen molar-refractivity contribution < 1.29 is 14.1 Å². The topological polar surface area (TPSA) is 72.2 Å². The molecule has 17 heavy (non-hydrogen) atoms. The molecule has 0 aromatic heterocycles. The van der Waals surface area contributed by atoms with Gasteiger partial charge in [0.25, 0.3) is 5.91 Å². The summed E-state index contributed by atoms with van der Waals surface area (Å²) < 4.78 is 13.2. The molecule has 1 N–H and O–H groups in total. The van der Waals surface area contributed by atoms with Crippen LogP contribution >= 0.6 is 0 Å². The Hall–Kier alpha value is -2.42. The molecule has 0 saturated heterocycles. The summed E-state index contributed by atoms with van der Waals surface area (Å²) in [4.78, 5) is 21.0. The molecule has 6 heteroatoms. The molecule has 1 aromatic rings. The van der Waals surface area contributed by atoms with Crippen LogP contribution in [0.15, 0.2) is 18.2 Å². The van der Waals surface area contributed by atoms with Gasteiger partial charge in [0, 0.05) is 11.6 Å². The van der Waals surface area contributed by atoms with E-state index in [2.05, 4.69) is 17.2 Å². The number of hydrogen-bond acceptors (Lipinski definition) is 3. The average molecular weight is 236 g/mol. The smallest absolute Gasteiger partial charge is 0.304 e. The summed E-state index contributed by atoms with van der Waals surface area (Å²) in [5, 5.41) is 12.8. The minimum Gasteiger partial charge on any atom is -0.341 e. The summed E-state index contributed by atoms with van der Waals surface area (Å²) in [5.41, 5.74) is -0.638. The Bertz CT molecular complexity index is 517. The normalized spacial score (nSPS) is 9.06. The van der Waals surface area contributed by atoms with Crippen molar-refractivity contribution in [2.24, 2.45) is 0 Å². The summed E-state index contributed by atoms with van der Waals surface area (Å²) in [6.07, 6.45) is 0. The van der Waals surface area contributed by atoms with Crippen molar-refractivity contribution >= 4 is 11.6 Å². The van der Waals surface area contributed by atoms with Crippen LogP contribution in [0.1, 0.15) is 17.3 Å². The van der Waals surface area contributed by atoms with Crippen LogP contribution in [0.5, 0.6) is 0 Å². The van der Waals surface area contributed by atoms with E-state index in [0.717, 1.165) is 12.1 Å². The lowest BCUT2D eigenvalue weighted by molar-refractivity contribution is -0.387. The average Bonchev–Trinajstić information content (AvgIpc) is 2.28. The number of benzene rings is 1. The van der Waals surface area contributed by atoms with Gasteiger partial charge in [0.05, 0.1) is 11.5 Å². The Kier molecular flexibility index (Phi) is 4.17. The fourth-order valence-electron chi connectivity index (χ4n) is 1.11. The molecule has 0 spiro atoms. The SMILES string of the molecule is CC#CCNC(=O)c1ccc([N+](=O)[O-])c(F)c1. The van der Waals surface area contributed by atoms with E-state index in [-0.39, 0.29) is 12.1 Å². The molecular weight excluding hydrogens is 227 g/mol. The van der Waals surface area contributed by atoms with E-state index < -0.39 is 22.3 Å². The van der Waals surface area contributed by atoms with Gasteiger partial charge in [-0.05, 0) is 19.1 Å². The molecule has 1 aromatic carbocycles. The molecule has 0 heterocycles. The van der Waals surface area contributed by atoms with Gasteiger partial charge in [-0.3, -0.25) is 14.9 Å². The highest BCUT2D eigenvalue weighted by Gasteiger charge is 2.16. The zero-order valence-electron chi connectivity index (χ0n) is 8.99. The Morgan fingerprint density at radius 2 is 2.29 bits per heavy atom. The molecule has 1 rings (SSSR count). The first kappa shape index (κ1) is 12.6. The molecular formula is C11H9FN2O3. The number of nitro benzene ring substituents is 1. The van der Waals surface area contributed by atoms with Crippen molar-refractivity contribution in [3.05, 3.63) is 39.7 Å². The second-order valence-corrected chi connectivity index (χ2v) is 3.03. The quantitative estimate of drug-likeness (QED) is 0.491. The van der Waals surface area contributed by atoms with Crippen LogP contribution in [-0.4, -0.2) is 17.4 Å². The Morgan fingerprint density at radius 3 is 2.82 bits per heavy atom. The van der Waals surface area contributed by atoms with E-state index in [0.29, 0.717) is 0 Å². The van der Waals surface area contributed by atoms with Crippen LogP contribution in [0.2, 0.25) is 0 Å². The molecule has 0 aliphatic rings. The highest BCUT2D eigenvalue weighted by Crippen LogP contribution is 2.17. The number of carbonyl (C=O) groups is 1. The minimum atomic E-state index is -1.04. The van der Waals surface area contributed by atoms with Crippen molar-refractivity contribution in [2.45, 2.75) is 6.92 Å². The summed E-state index contributed by atoms with van der Waals surface area (Å²) in [5.74, 6) is 3.63. The van der Waals surface area contributed by atoms with Gasteiger partial charge in [0.2, 0.25) is 5.82 Å². The standard InChI is InChI=1S/C11H9FN2O3/c1-2-3-6-13-11(15)8-4-5-10(14(16)17)9(12)7-8/h4-5,7H,6H2,1H3,(H,13,15). The first-order valence-corrected chi connectivity index (χ1v) is 4.68. The van der Waals surface area contributed by atoms with Gasteiger partial charge in [-0.15, -0.1) is 5.92 Å². The molecule has 0 fully saturated rings. The Balaban J connectivity index is 2.85. The summed E-state index contributed by atoms with van der Waals surface area (Å²) in [6.45, 7) is 1.77. The maximum atomic E-state index is 13.2. The van der Waals surface area contributed by atoms with Crippen molar-refractivity contribution in [2.75, 3.05) is 6.54 Å². The van der Waals surface area contributed by atoms with E-state index in [4.69, 9.17) is 0 Å². The van der Waals surface area contributed by atoms with Gasteiger partial charge in [0.1, 0.15) is 0 Å². The largest absolute Gasteiger partial charge is 0.341 e. The van der Waals surface area contributed by atoms with Gasteiger partial charge in [0.15, 0.2) is 0 Å². The van der Waals surface area contributed by atoms with Gasteiger partial charge in [-0.2, -0.15) is 4.39 Å². The number of nitro groups is 1. The predicted molar refractivity (Wildman–Crippen MR) is 58.8 cm³/mol. The third-order valence-electron chi connectivity index (χ3n) is 1.92. The van der Waals surface area contributed by atoms with Gasteiger partial charge < -0.3 is 5.32 Å². The molecule has 0 atom stereocenters. The van der Waals surface area contributed by atoms with Gasteiger partial charge in [-0.1, -0.05) is 5.92 Å². The van der Waals surface area contributed by atoms with Crippen LogP contribution in [0.25, 0.3) is 0 Å². The van der Waals surface area contributed by atoms with E-state index in [1.54, 1.807) is 6.92 Å². The third kappa shape index (κ3) is 3.28. The molecule has 88 valence electrons. The van der Waals surface area contributed by atoms with Crippen molar-refractivity contribution in [1.82, 2.24) is 5.32 Å². The fourth-order valence-corrected chi connectivity index (χ4v) is 1.11. The number of hydrogen-bond donors (Lipinski definition) is 1. The lowest BCUT2D eigenvalue weighted by Gasteiger charge is -2.01.